The van der Waals surface area contributed by atoms with E-state index in [1.807, 2.05) is 36.4 Å². The fourth-order valence-electron chi connectivity index (χ4n) is 4.69. The van der Waals surface area contributed by atoms with Gasteiger partial charge in [-0.25, -0.2) is 0 Å². The highest BCUT2D eigenvalue weighted by Crippen LogP contribution is 2.42. The molecule has 0 unspecified atom stereocenters. The lowest BCUT2D eigenvalue weighted by Gasteiger charge is -2.32. The Hall–Kier alpha value is -3.25. The van der Waals surface area contributed by atoms with Crippen LogP contribution < -0.4 is 20.3 Å². The summed E-state index contributed by atoms with van der Waals surface area (Å²) < 4.78 is 12.9. The van der Waals surface area contributed by atoms with Gasteiger partial charge in [0.2, 0.25) is 0 Å². The van der Waals surface area contributed by atoms with Crippen LogP contribution in [0.3, 0.4) is 0 Å². The van der Waals surface area contributed by atoms with Gasteiger partial charge in [0.1, 0.15) is 13.2 Å². The van der Waals surface area contributed by atoms with E-state index < -0.39 is 5.54 Å². The third-order valence-electron chi connectivity index (χ3n) is 6.45. The number of halogens is 1. The maximum absolute atomic E-state index is 13.3. The molecule has 1 saturated carbocycles. The topological polar surface area (TPSA) is 69.6 Å². The number of hydrogen-bond acceptors (Lipinski definition) is 4. The number of aromatic nitrogens is 1. The largest absolute Gasteiger partial charge is 0.486 e. The monoisotopic (exact) mass is 464 g/mol. The van der Waals surface area contributed by atoms with Gasteiger partial charge in [0.25, 0.3) is 11.5 Å². The van der Waals surface area contributed by atoms with E-state index in [1.54, 1.807) is 18.3 Å². The van der Waals surface area contributed by atoms with Crippen LogP contribution in [0.2, 0.25) is 5.02 Å². The Morgan fingerprint density at radius 2 is 1.76 bits per heavy atom. The minimum atomic E-state index is -0.476. The molecular formula is C26H25ClN2O4. The minimum Gasteiger partial charge on any atom is -0.486 e. The van der Waals surface area contributed by atoms with Crippen molar-refractivity contribution in [2.75, 3.05) is 13.2 Å². The Bertz CT molecular complexity index is 1250. The van der Waals surface area contributed by atoms with Crippen LogP contribution in [0.5, 0.6) is 11.5 Å². The zero-order chi connectivity index (χ0) is 22.8. The second-order valence-electron chi connectivity index (χ2n) is 8.58. The van der Waals surface area contributed by atoms with Crippen LogP contribution in [0.1, 0.15) is 47.2 Å². The van der Waals surface area contributed by atoms with Gasteiger partial charge in [-0.05, 0) is 48.2 Å². The molecule has 0 radical (unpaired) electrons. The van der Waals surface area contributed by atoms with Gasteiger partial charge in [0.15, 0.2) is 11.5 Å². The molecule has 2 heterocycles. The van der Waals surface area contributed by atoms with Crippen LogP contribution in [0.4, 0.5) is 0 Å². The first-order chi connectivity index (χ1) is 16.0. The Balaban J connectivity index is 1.42. The van der Waals surface area contributed by atoms with E-state index >= 15 is 0 Å². The molecule has 1 N–H and O–H groups in total. The van der Waals surface area contributed by atoms with Gasteiger partial charge in [-0.3, -0.25) is 9.59 Å². The lowest BCUT2D eigenvalue weighted by Crippen LogP contribution is -2.44. The molecule has 170 valence electrons. The first-order valence-corrected chi connectivity index (χ1v) is 11.6. The average molecular weight is 465 g/mol. The molecule has 0 saturated heterocycles. The lowest BCUT2D eigenvalue weighted by molar-refractivity contribution is 0.0896. The second kappa shape index (κ2) is 8.94. The van der Waals surface area contributed by atoms with Gasteiger partial charge in [-0.2, -0.15) is 0 Å². The summed E-state index contributed by atoms with van der Waals surface area (Å²) in [5, 5.41) is 3.86. The highest BCUT2D eigenvalue weighted by Gasteiger charge is 2.38. The van der Waals surface area contributed by atoms with Crippen molar-refractivity contribution in [3.63, 3.8) is 0 Å². The fraction of sp³-hybridized carbons (Fsp3) is 0.308. The van der Waals surface area contributed by atoms with E-state index in [9.17, 15) is 9.59 Å². The van der Waals surface area contributed by atoms with Gasteiger partial charge < -0.3 is 19.4 Å². The summed E-state index contributed by atoms with van der Waals surface area (Å²) in [7, 11) is 0. The Labute approximate surface area is 197 Å². The van der Waals surface area contributed by atoms with Gasteiger partial charge in [0, 0.05) is 17.3 Å². The Morgan fingerprint density at radius 1 is 1.00 bits per heavy atom. The summed E-state index contributed by atoms with van der Waals surface area (Å²) in [6, 6.07) is 16.3. The normalized spacial score (nSPS) is 16.4. The number of rotatable bonds is 5. The van der Waals surface area contributed by atoms with E-state index in [2.05, 4.69) is 5.32 Å². The Morgan fingerprint density at radius 3 is 2.55 bits per heavy atom. The molecule has 1 fully saturated rings. The molecule has 0 atom stereocenters. The molecule has 3 aromatic rings. The number of carbonyl (C=O) groups excluding carboxylic acids is 1. The molecule has 2 aromatic carbocycles. The quantitative estimate of drug-likeness (QED) is 0.602. The summed E-state index contributed by atoms with van der Waals surface area (Å²) in [5.41, 5.74) is 1.61. The van der Waals surface area contributed by atoms with Crippen LogP contribution in [0.25, 0.3) is 0 Å². The molecule has 2 aliphatic rings. The van der Waals surface area contributed by atoms with E-state index in [0.717, 1.165) is 42.6 Å². The summed E-state index contributed by atoms with van der Waals surface area (Å²) in [6.45, 7) is 1.36. The maximum atomic E-state index is 13.3. The van der Waals surface area contributed by atoms with Gasteiger partial charge >= 0.3 is 0 Å². The second-order valence-corrected chi connectivity index (χ2v) is 8.98. The van der Waals surface area contributed by atoms with Crippen molar-refractivity contribution in [1.29, 1.82) is 0 Å². The van der Waals surface area contributed by atoms with Crippen molar-refractivity contribution < 1.29 is 14.3 Å². The fourth-order valence-corrected chi connectivity index (χ4v) is 4.89. The van der Waals surface area contributed by atoms with Crippen LogP contribution in [0.15, 0.2) is 65.6 Å². The number of nitrogens with one attached hydrogen (secondary N) is 1. The molecular weight excluding hydrogens is 440 g/mol. The van der Waals surface area contributed by atoms with E-state index in [1.165, 1.54) is 10.6 Å². The highest BCUT2D eigenvalue weighted by molar-refractivity contribution is 6.31. The van der Waals surface area contributed by atoms with Crippen LogP contribution in [-0.4, -0.2) is 23.7 Å². The van der Waals surface area contributed by atoms with Crippen molar-refractivity contribution >= 4 is 17.5 Å². The standard InChI is InChI=1S/C26H25ClN2O4/c27-21-6-2-1-5-18(21)16-29-17-19(7-10-24(29)30)25(31)28-26(11-3-4-12-26)20-8-9-22-23(15-20)33-14-13-32-22/h1-2,5-10,15,17H,3-4,11-14,16H2,(H,28,31). The first kappa shape index (κ1) is 21.6. The Kier molecular flexibility index (Phi) is 5.85. The maximum Gasteiger partial charge on any atom is 0.253 e. The van der Waals surface area contributed by atoms with Crippen LogP contribution in [-0.2, 0) is 12.1 Å². The van der Waals surface area contributed by atoms with Crippen molar-refractivity contribution in [2.24, 2.45) is 0 Å². The van der Waals surface area contributed by atoms with Crippen molar-refractivity contribution in [1.82, 2.24) is 9.88 Å². The van der Waals surface area contributed by atoms with Crippen molar-refractivity contribution in [3.8, 4) is 11.5 Å². The summed E-state index contributed by atoms with van der Waals surface area (Å²) >= 11 is 6.26. The zero-order valence-corrected chi connectivity index (χ0v) is 18.9. The summed E-state index contributed by atoms with van der Waals surface area (Å²) in [6.07, 6.45) is 5.35. The summed E-state index contributed by atoms with van der Waals surface area (Å²) in [5.74, 6) is 1.24. The summed E-state index contributed by atoms with van der Waals surface area (Å²) in [4.78, 5) is 25.8. The smallest absolute Gasteiger partial charge is 0.253 e. The minimum absolute atomic E-state index is 0.186. The molecule has 0 bridgehead atoms. The molecule has 6 nitrogen and oxygen atoms in total. The van der Waals surface area contributed by atoms with E-state index in [-0.39, 0.29) is 11.5 Å². The molecule has 1 aliphatic heterocycles. The molecule has 1 aliphatic carbocycles. The van der Waals surface area contributed by atoms with Gasteiger partial charge in [-0.1, -0.05) is 48.7 Å². The highest BCUT2D eigenvalue weighted by atomic mass is 35.5. The molecule has 1 amide bonds. The van der Waals surface area contributed by atoms with Crippen molar-refractivity contribution in [3.05, 3.63) is 92.9 Å². The average Bonchev–Trinajstić information content (AvgIpc) is 3.31. The molecule has 0 spiro atoms. The zero-order valence-electron chi connectivity index (χ0n) is 18.2. The van der Waals surface area contributed by atoms with Crippen molar-refractivity contribution in [2.45, 2.75) is 37.8 Å². The van der Waals surface area contributed by atoms with E-state index in [4.69, 9.17) is 21.1 Å². The number of fused-ring (bicyclic) bond motifs is 1. The molecule has 1 aromatic heterocycles. The molecule has 5 rings (SSSR count). The number of carbonyl (C=O) groups is 1. The molecule has 33 heavy (non-hydrogen) atoms. The van der Waals surface area contributed by atoms with Crippen LogP contribution in [0, 0.1) is 0 Å². The number of ether oxygens (including phenoxy) is 2. The number of amides is 1. The first-order valence-electron chi connectivity index (χ1n) is 11.2. The predicted octanol–water partition coefficient (Wildman–Crippen LogP) is 4.52. The molecule has 7 heteroatoms. The number of pyridine rings is 1. The third-order valence-corrected chi connectivity index (χ3v) is 6.82. The van der Waals surface area contributed by atoms with E-state index in [0.29, 0.717) is 36.1 Å². The van der Waals surface area contributed by atoms with Gasteiger partial charge in [-0.15, -0.1) is 0 Å². The van der Waals surface area contributed by atoms with Crippen LogP contribution >= 0.6 is 11.6 Å². The SMILES string of the molecule is O=C(NC1(c2ccc3c(c2)OCCO3)CCCC1)c1ccc(=O)n(Cc2ccccc2Cl)c1. The number of benzene rings is 2. The lowest BCUT2D eigenvalue weighted by atomic mass is 9.87. The number of nitrogens with zero attached hydrogens (tertiary/aromatic N) is 1. The number of hydrogen-bond donors (Lipinski definition) is 1. The predicted molar refractivity (Wildman–Crippen MR) is 126 cm³/mol. The van der Waals surface area contributed by atoms with Gasteiger partial charge in [0.05, 0.1) is 17.6 Å². The third kappa shape index (κ3) is 4.35.